The molecule has 3 nitrogen and oxygen atoms in total. The summed E-state index contributed by atoms with van der Waals surface area (Å²) in [6, 6.07) is 10.2. The molecule has 4 atom stereocenters. The molecule has 0 aliphatic carbocycles. The highest BCUT2D eigenvalue weighted by molar-refractivity contribution is 5.86. The van der Waals surface area contributed by atoms with Gasteiger partial charge in [0.05, 0.1) is 6.17 Å². The Morgan fingerprint density at radius 2 is 1.86 bits per heavy atom. The van der Waals surface area contributed by atoms with E-state index in [9.17, 15) is 4.79 Å². The topological polar surface area (TPSA) is 32.3 Å². The van der Waals surface area contributed by atoms with Crippen LogP contribution in [0.2, 0.25) is 0 Å². The lowest BCUT2D eigenvalue weighted by atomic mass is 9.98. The third kappa shape index (κ3) is 3.46. The highest BCUT2D eigenvalue weighted by atomic mass is 16.2. The van der Waals surface area contributed by atoms with Crippen molar-refractivity contribution >= 4 is 5.91 Å². The van der Waals surface area contributed by atoms with Crippen molar-refractivity contribution in [3.05, 3.63) is 35.9 Å². The number of amides is 1. The summed E-state index contributed by atoms with van der Waals surface area (Å²) in [5, 5.41) is 3.51. The van der Waals surface area contributed by atoms with Crippen LogP contribution in [-0.2, 0) is 4.79 Å². The van der Waals surface area contributed by atoms with E-state index >= 15 is 0 Å². The Balaban J connectivity index is 2.16. The number of nitrogens with zero attached hydrogens (tertiary/aromatic N) is 1. The number of benzene rings is 1. The molecule has 1 aromatic carbocycles. The van der Waals surface area contributed by atoms with E-state index in [4.69, 9.17) is 0 Å². The maximum absolute atomic E-state index is 12.8. The predicted octanol–water partition coefficient (Wildman–Crippen LogP) is 3.72. The molecule has 1 fully saturated rings. The summed E-state index contributed by atoms with van der Waals surface area (Å²) in [6.07, 6.45) is 3.34. The van der Waals surface area contributed by atoms with Crippen molar-refractivity contribution in [2.75, 3.05) is 0 Å². The number of hydrogen-bond acceptors (Lipinski definition) is 2. The minimum atomic E-state index is -0.185. The van der Waals surface area contributed by atoms with Crippen LogP contribution in [0.25, 0.3) is 0 Å². The van der Waals surface area contributed by atoms with Crippen molar-refractivity contribution in [2.45, 2.75) is 65.2 Å². The summed E-state index contributed by atoms with van der Waals surface area (Å²) in [4.78, 5) is 14.9. The molecule has 1 aliphatic heterocycles. The average Bonchev–Trinajstić information content (AvgIpc) is 2.84. The largest absolute Gasteiger partial charge is 0.323 e. The Hall–Kier alpha value is -1.35. The van der Waals surface area contributed by atoms with Crippen molar-refractivity contribution < 1.29 is 4.79 Å². The third-order valence-corrected chi connectivity index (χ3v) is 4.63. The van der Waals surface area contributed by atoms with Gasteiger partial charge < -0.3 is 4.90 Å². The number of nitrogens with one attached hydrogen (secondary N) is 1. The second-order valence-electron chi connectivity index (χ2n) is 6.28. The molecule has 1 N–H and O–H groups in total. The van der Waals surface area contributed by atoms with E-state index in [1.54, 1.807) is 0 Å². The first-order valence-corrected chi connectivity index (χ1v) is 8.21. The standard InChI is InChI=1S/C18H28N2O/c1-5-13(3)12-14(4)20-16(6-2)19-17(18(20)21)15-10-8-7-9-11-15/h7-11,13-14,16-17,19H,5-6,12H2,1-4H3. The monoisotopic (exact) mass is 288 g/mol. The van der Waals surface area contributed by atoms with Crippen LogP contribution in [0.15, 0.2) is 30.3 Å². The van der Waals surface area contributed by atoms with Gasteiger partial charge in [-0.1, -0.05) is 57.5 Å². The van der Waals surface area contributed by atoms with Crippen LogP contribution in [0.5, 0.6) is 0 Å². The molecule has 0 radical (unpaired) electrons. The minimum absolute atomic E-state index is 0.154. The van der Waals surface area contributed by atoms with Crippen LogP contribution in [0.1, 0.15) is 58.6 Å². The summed E-state index contributed by atoms with van der Waals surface area (Å²) >= 11 is 0. The van der Waals surface area contributed by atoms with E-state index < -0.39 is 0 Å². The Bertz CT molecular complexity index is 460. The first-order valence-electron chi connectivity index (χ1n) is 8.21. The van der Waals surface area contributed by atoms with Crippen LogP contribution >= 0.6 is 0 Å². The first kappa shape index (κ1) is 16.0. The van der Waals surface area contributed by atoms with Crippen LogP contribution < -0.4 is 5.32 Å². The number of rotatable bonds is 6. The second-order valence-corrected chi connectivity index (χ2v) is 6.28. The summed E-state index contributed by atoms with van der Waals surface area (Å²) in [5.41, 5.74) is 1.07. The molecule has 1 heterocycles. The lowest BCUT2D eigenvalue weighted by molar-refractivity contribution is -0.132. The third-order valence-electron chi connectivity index (χ3n) is 4.63. The average molecular weight is 288 g/mol. The number of hydrogen-bond donors (Lipinski definition) is 1. The van der Waals surface area contributed by atoms with Crippen molar-refractivity contribution in [1.29, 1.82) is 0 Å². The molecule has 0 aromatic heterocycles. The molecular weight excluding hydrogens is 260 g/mol. The van der Waals surface area contributed by atoms with Crippen LogP contribution in [0, 0.1) is 5.92 Å². The maximum atomic E-state index is 12.8. The zero-order chi connectivity index (χ0) is 15.4. The van der Waals surface area contributed by atoms with Crippen molar-refractivity contribution in [3.63, 3.8) is 0 Å². The van der Waals surface area contributed by atoms with Gasteiger partial charge in [-0.25, -0.2) is 0 Å². The van der Waals surface area contributed by atoms with Gasteiger partial charge >= 0.3 is 0 Å². The normalized spacial score (nSPS) is 25.1. The van der Waals surface area contributed by atoms with E-state index in [-0.39, 0.29) is 18.1 Å². The Morgan fingerprint density at radius 1 is 1.19 bits per heavy atom. The number of carbonyl (C=O) groups excluding carboxylic acids is 1. The van der Waals surface area contributed by atoms with Crippen LogP contribution in [0.3, 0.4) is 0 Å². The van der Waals surface area contributed by atoms with Crippen molar-refractivity contribution in [2.24, 2.45) is 5.92 Å². The molecule has 1 amide bonds. The molecule has 0 saturated carbocycles. The Kier molecular flexibility index (Phi) is 5.40. The molecule has 4 unspecified atom stereocenters. The number of carbonyl (C=O) groups is 1. The second kappa shape index (κ2) is 7.08. The Morgan fingerprint density at radius 3 is 2.43 bits per heavy atom. The van der Waals surface area contributed by atoms with E-state index in [1.165, 1.54) is 6.42 Å². The van der Waals surface area contributed by atoms with Crippen molar-refractivity contribution in [3.8, 4) is 0 Å². The predicted molar refractivity (Wildman–Crippen MR) is 86.8 cm³/mol. The zero-order valence-electron chi connectivity index (χ0n) is 13.7. The first-order chi connectivity index (χ1) is 10.1. The molecule has 1 saturated heterocycles. The van der Waals surface area contributed by atoms with Gasteiger partial charge in [-0.2, -0.15) is 0 Å². The quantitative estimate of drug-likeness (QED) is 0.865. The highest BCUT2D eigenvalue weighted by Gasteiger charge is 2.41. The van der Waals surface area contributed by atoms with E-state index in [1.807, 2.05) is 30.3 Å². The fourth-order valence-corrected chi connectivity index (χ4v) is 3.23. The van der Waals surface area contributed by atoms with Gasteiger partial charge in [0.1, 0.15) is 6.04 Å². The summed E-state index contributed by atoms with van der Waals surface area (Å²) in [5.74, 6) is 0.880. The molecule has 1 aromatic rings. The maximum Gasteiger partial charge on any atom is 0.245 e. The smallest absolute Gasteiger partial charge is 0.245 e. The van der Waals surface area contributed by atoms with Gasteiger partial charge in [0.2, 0.25) is 5.91 Å². The van der Waals surface area contributed by atoms with Crippen molar-refractivity contribution in [1.82, 2.24) is 10.2 Å². The van der Waals surface area contributed by atoms with Gasteiger partial charge in [-0.05, 0) is 31.2 Å². The van der Waals surface area contributed by atoms with Gasteiger partial charge in [0.15, 0.2) is 0 Å². The van der Waals surface area contributed by atoms with E-state index in [0.717, 1.165) is 18.4 Å². The van der Waals surface area contributed by atoms with Gasteiger partial charge in [-0.3, -0.25) is 10.1 Å². The molecule has 2 rings (SSSR count). The zero-order valence-corrected chi connectivity index (χ0v) is 13.7. The van der Waals surface area contributed by atoms with Crippen LogP contribution in [0.4, 0.5) is 0 Å². The SMILES string of the molecule is CCC(C)CC(C)N1C(=O)C(c2ccccc2)NC1CC. The lowest BCUT2D eigenvalue weighted by Crippen LogP contribution is -2.43. The molecule has 0 bridgehead atoms. The lowest BCUT2D eigenvalue weighted by Gasteiger charge is -2.31. The van der Waals surface area contributed by atoms with E-state index in [2.05, 4.69) is 37.9 Å². The molecule has 21 heavy (non-hydrogen) atoms. The molecule has 3 heteroatoms. The fourth-order valence-electron chi connectivity index (χ4n) is 3.23. The van der Waals surface area contributed by atoms with Crippen LogP contribution in [-0.4, -0.2) is 23.0 Å². The summed E-state index contributed by atoms with van der Waals surface area (Å²) in [6.45, 7) is 8.80. The van der Waals surface area contributed by atoms with Gasteiger partial charge in [0, 0.05) is 6.04 Å². The summed E-state index contributed by atoms with van der Waals surface area (Å²) in [7, 11) is 0. The summed E-state index contributed by atoms with van der Waals surface area (Å²) < 4.78 is 0. The molecule has 1 aliphatic rings. The van der Waals surface area contributed by atoms with Gasteiger partial charge in [0.25, 0.3) is 0 Å². The molecule has 116 valence electrons. The minimum Gasteiger partial charge on any atom is -0.323 e. The fraction of sp³-hybridized carbons (Fsp3) is 0.611. The highest BCUT2D eigenvalue weighted by Crippen LogP contribution is 2.29. The molecule has 0 spiro atoms. The molecular formula is C18H28N2O. The Labute approximate surface area is 128 Å². The van der Waals surface area contributed by atoms with E-state index in [0.29, 0.717) is 12.0 Å². The van der Waals surface area contributed by atoms with Gasteiger partial charge in [-0.15, -0.1) is 0 Å².